The minimum Gasteiger partial charge on any atom is -0.310 e. The molecule has 0 amide bonds. The van der Waals surface area contributed by atoms with Gasteiger partial charge in [0.2, 0.25) is 0 Å². The Kier molecular flexibility index (Phi) is 3.31. The fourth-order valence-corrected chi connectivity index (χ4v) is 2.29. The maximum Gasteiger partial charge on any atom is 0.0533 e. The third kappa shape index (κ3) is 2.28. The number of hydrogen-bond donors (Lipinski definition) is 2. The predicted molar refractivity (Wildman–Crippen MR) is 68.4 cm³/mol. The second-order valence-corrected chi connectivity index (χ2v) is 5.31. The Hall–Kier alpha value is -0.860. The zero-order valence-electron chi connectivity index (χ0n) is 10.5. The van der Waals surface area contributed by atoms with E-state index in [2.05, 4.69) is 61.7 Å². The summed E-state index contributed by atoms with van der Waals surface area (Å²) in [6.07, 6.45) is 0. The summed E-state index contributed by atoms with van der Waals surface area (Å²) in [4.78, 5) is 0. The Morgan fingerprint density at radius 3 is 2.44 bits per heavy atom. The van der Waals surface area contributed by atoms with E-state index >= 15 is 0 Å². The van der Waals surface area contributed by atoms with Gasteiger partial charge in [-0.2, -0.15) is 0 Å². The molecule has 2 nitrogen and oxygen atoms in total. The van der Waals surface area contributed by atoms with E-state index in [0.717, 1.165) is 13.1 Å². The fourth-order valence-electron chi connectivity index (χ4n) is 2.29. The van der Waals surface area contributed by atoms with Crippen LogP contribution >= 0.6 is 0 Å². The molecular formula is C14H22N2. The Labute approximate surface area is 98.4 Å². The summed E-state index contributed by atoms with van der Waals surface area (Å²) in [5.41, 5.74) is 1.44. The summed E-state index contributed by atoms with van der Waals surface area (Å²) in [5.74, 6) is 0.688. The smallest absolute Gasteiger partial charge is 0.0533 e. The summed E-state index contributed by atoms with van der Waals surface area (Å²) < 4.78 is 0. The van der Waals surface area contributed by atoms with Gasteiger partial charge in [-0.25, -0.2) is 0 Å². The molecule has 2 atom stereocenters. The molecule has 0 aromatic heterocycles. The van der Waals surface area contributed by atoms with E-state index in [1.165, 1.54) is 5.56 Å². The van der Waals surface area contributed by atoms with Crippen molar-refractivity contribution in [2.24, 2.45) is 5.92 Å². The zero-order chi connectivity index (χ0) is 11.6. The molecule has 2 rings (SSSR count). The second-order valence-electron chi connectivity index (χ2n) is 5.31. The Morgan fingerprint density at radius 1 is 1.25 bits per heavy atom. The first-order chi connectivity index (χ1) is 7.62. The minimum atomic E-state index is 0.0760. The zero-order valence-corrected chi connectivity index (χ0v) is 10.5. The lowest BCUT2D eigenvalue weighted by molar-refractivity contribution is 0.225. The summed E-state index contributed by atoms with van der Waals surface area (Å²) in [6.45, 7) is 8.85. The average Bonchev–Trinajstić information content (AvgIpc) is 2.31. The van der Waals surface area contributed by atoms with E-state index in [-0.39, 0.29) is 5.54 Å². The molecule has 1 aliphatic rings. The van der Waals surface area contributed by atoms with Crippen LogP contribution in [0, 0.1) is 5.92 Å². The van der Waals surface area contributed by atoms with Crippen LogP contribution < -0.4 is 10.6 Å². The molecule has 0 saturated carbocycles. The van der Waals surface area contributed by atoms with Crippen LogP contribution in [-0.4, -0.2) is 19.1 Å². The van der Waals surface area contributed by atoms with E-state index in [0.29, 0.717) is 12.0 Å². The maximum absolute atomic E-state index is 3.68. The van der Waals surface area contributed by atoms with Crippen molar-refractivity contribution in [3.63, 3.8) is 0 Å². The third-order valence-corrected chi connectivity index (χ3v) is 3.65. The van der Waals surface area contributed by atoms with Gasteiger partial charge in [-0.1, -0.05) is 44.2 Å². The molecule has 1 saturated heterocycles. The van der Waals surface area contributed by atoms with Gasteiger partial charge < -0.3 is 10.6 Å². The molecule has 1 aromatic rings. The maximum atomic E-state index is 3.68. The highest BCUT2D eigenvalue weighted by Crippen LogP contribution is 2.23. The van der Waals surface area contributed by atoms with Crippen LogP contribution in [0.5, 0.6) is 0 Å². The number of hydrogen-bond acceptors (Lipinski definition) is 2. The van der Waals surface area contributed by atoms with Crippen LogP contribution in [0.25, 0.3) is 0 Å². The van der Waals surface area contributed by atoms with E-state index in [4.69, 9.17) is 0 Å². The first kappa shape index (κ1) is 11.6. The van der Waals surface area contributed by atoms with Gasteiger partial charge >= 0.3 is 0 Å². The van der Waals surface area contributed by atoms with Crippen LogP contribution in [0.2, 0.25) is 0 Å². The van der Waals surface area contributed by atoms with Crippen molar-refractivity contribution in [1.82, 2.24) is 10.6 Å². The molecule has 88 valence electrons. The number of nitrogens with one attached hydrogen (secondary N) is 2. The lowest BCUT2D eigenvalue weighted by atomic mass is 9.88. The molecule has 1 aliphatic heterocycles. The lowest BCUT2D eigenvalue weighted by Gasteiger charge is -2.41. The van der Waals surface area contributed by atoms with Crippen LogP contribution in [0.1, 0.15) is 26.3 Å². The van der Waals surface area contributed by atoms with Gasteiger partial charge in [0.05, 0.1) is 5.54 Å². The normalized spacial score (nSPS) is 30.6. The molecule has 1 fully saturated rings. The van der Waals surface area contributed by atoms with E-state index in [9.17, 15) is 0 Å². The number of benzene rings is 1. The van der Waals surface area contributed by atoms with Crippen molar-refractivity contribution in [2.45, 2.75) is 32.4 Å². The SMILES string of the molecule is CC(C)C1CNC(C)(c2ccccc2)CN1. The van der Waals surface area contributed by atoms with Gasteiger partial charge in [0.1, 0.15) is 0 Å². The molecule has 2 unspecified atom stereocenters. The third-order valence-electron chi connectivity index (χ3n) is 3.65. The summed E-state index contributed by atoms with van der Waals surface area (Å²) >= 11 is 0. The molecule has 1 heterocycles. The minimum absolute atomic E-state index is 0.0760. The molecule has 0 aliphatic carbocycles. The topological polar surface area (TPSA) is 24.1 Å². The highest BCUT2D eigenvalue weighted by Gasteiger charge is 2.32. The summed E-state index contributed by atoms with van der Waals surface area (Å²) in [5, 5.41) is 7.33. The predicted octanol–water partition coefficient (Wildman–Crippen LogP) is 2.12. The van der Waals surface area contributed by atoms with Gasteiger partial charge in [-0.15, -0.1) is 0 Å². The Morgan fingerprint density at radius 2 is 1.94 bits per heavy atom. The van der Waals surface area contributed by atoms with Gasteiger partial charge in [0, 0.05) is 19.1 Å². The first-order valence-corrected chi connectivity index (χ1v) is 6.16. The molecular weight excluding hydrogens is 196 g/mol. The van der Waals surface area contributed by atoms with Crippen molar-refractivity contribution >= 4 is 0 Å². The number of rotatable bonds is 2. The monoisotopic (exact) mass is 218 g/mol. The largest absolute Gasteiger partial charge is 0.310 e. The quantitative estimate of drug-likeness (QED) is 0.794. The lowest BCUT2D eigenvalue weighted by Crippen LogP contribution is -2.60. The molecule has 0 radical (unpaired) electrons. The van der Waals surface area contributed by atoms with Crippen molar-refractivity contribution in [3.8, 4) is 0 Å². The Balaban J connectivity index is 2.07. The summed E-state index contributed by atoms with van der Waals surface area (Å²) in [6, 6.07) is 11.3. The van der Waals surface area contributed by atoms with Crippen LogP contribution in [0.3, 0.4) is 0 Å². The van der Waals surface area contributed by atoms with Gasteiger partial charge in [-0.3, -0.25) is 0 Å². The van der Waals surface area contributed by atoms with E-state index in [1.807, 2.05) is 0 Å². The van der Waals surface area contributed by atoms with Crippen molar-refractivity contribution in [1.29, 1.82) is 0 Å². The van der Waals surface area contributed by atoms with Crippen molar-refractivity contribution < 1.29 is 0 Å². The first-order valence-electron chi connectivity index (χ1n) is 6.16. The summed E-state index contributed by atoms with van der Waals surface area (Å²) in [7, 11) is 0. The van der Waals surface area contributed by atoms with E-state index in [1.54, 1.807) is 0 Å². The van der Waals surface area contributed by atoms with Gasteiger partial charge in [0.25, 0.3) is 0 Å². The van der Waals surface area contributed by atoms with E-state index < -0.39 is 0 Å². The van der Waals surface area contributed by atoms with Gasteiger partial charge in [-0.05, 0) is 18.4 Å². The van der Waals surface area contributed by atoms with Crippen LogP contribution in [0.15, 0.2) is 30.3 Å². The van der Waals surface area contributed by atoms with Crippen molar-refractivity contribution in [2.75, 3.05) is 13.1 Å². The average molecular weight is 218 g/mol. The van der Waals surface area contributed by atoms with Crippen LogP contribution in [-0.2, 0) is 5.54 Å². The highest BCUT2D eigenvalue weighted by molar-refractivity contribution is 5.25. The molecule has 0 bridgehead atoms. The van der Waals surface area contributed by atoms with Crippen LogP contribution in [0.4, 0.5) is 0 Å². The highest BCUT2D eigenvalue weighted by atomic mass is 15.1. The molecule has 1 aromatic carbocycles. The van der Waals surface area contributed by atoms with Crippen molar-refractivity contribution in [3.05, 3.63) is 35.9 Å². The standard InChI is InChI=1S/C14H22N2/c1-11(2)13-9-16-14(3,10-15-13)12-7-5-4-6-8-12/h4-8,11,13,15-16H,9-10H2,1-3H3. The molecule has 16 heavy (non-hydrogen) atoms. The molecule has 2 heteroatoms. The molecule has 0 spiro atoms. The van der Waals surface area contributed by atoms with Gasteiger partial charge in [0.15, 0.2) is 0 Å². The number of piperazine rings is 1. The Bertz CT molecular complexity index is 324. The fraction of sp³-hybridized carbons (Fsp3) is 0.571. The second kappa shape index (κ2) is 4.56. The molecule has 2 N–H and O–H groups in total.